The Labute approximate surface area is 178 Å². The van der Waals surface area contributed by atoms with E-state index in [1.54, 1.807) is 53.5 Å². The van der Waals surface area contributed by atoms with E-state index in [4.69, 9.17) is 14.4 Å². The minimum Gasteiger partial charge on any atom is -0.482 e. The number of nitrogens with zero attached hydrogens (tertiary/aromatic N) is 4. The van der Waals surface area contributed by atoms with Gasteiger partial charge in [-0.25, -0.2) is 10.1 Å². The van der Waals surface area contributed by atoms with Crippen LogP contribution in [0.3, 0.4) is 0 Å². The molecule has 0 unspecified atom stereocenters. The number of ether oxygens (including phenoxy) is 1. The molecule has 0 saturated carbocycles. The Hall–Kier alpha value is -4.64. The number of amides is 1. The second kappa shape index (κ2) is 9.24. The molecule has 2 aromatic carbocycles. The molecule has 2 aromatic heterocycles. The van der Waals surface area contributed by atoms with E-state index in [1.807, 2.05) is 36.4 Å². The molecule has 4 rings (SSSR count). The fraction of sp³-hybridized carbons (Fsp3) is 0.0435. The summed E-state index contributed by atoms with van der Waals surface area (Å²) < 4.78 is 12.6. The topological polar surface area (TPSA) is 105 Å². The fourth-order valence-electron chi connectivity index (χ4n) is 2.83. The van der Waals surface area contributed by atoms with Crippen LogP contribution >= 0.6 is 0 Å². The predicted molar refractivity (Wildman–Crippen MR) is 114 cm³/mol. The third-order valence-electron chi connectivity index (χ3n) is 4.28. The average molecular weight is 411 g/mol. The fourth-order valence-corrected chi connectivity index (χ4v) is 2.83. The highest BCUT2D eigenvalue weighted by Crippen LogP contribution is 2.23. The van der Waals surface area contributed by atoms with E-state index in [9.17, 15) is 4.79 Å². The van der Waals surface area contributed by atoms with Crippen molar-refractivity contribution in [3.8, 4) is 29.0 Å². The summed E-state index contributed by atoms with van der Waals surface area (Å²) in [5.74, 6) is 0.464. The molecule has 31 heavy (non-hydrogen) atoms. The van der Waals surface area contributed by atoms with E-state index >= 15 is 0 Å². The quantitative estimate of drug-likeness (QED) is 0.370. The van der Waals surface area contributed by atoms with Crippen LogP contribution in [0.1, 0.15) is 11.1 Å². The molecule has 4 aromatic rings. The number of hydrazone groups is 1. The van der Waals surface area contributed by atoms with Crippen LogP contribution in [0.25, 0.3) is 17.1 Å². The highest BCUT2D eigenvalue weighted by molar-refractivity contribution is 5.88. The maximum absolute atomic E-state index is 12.1. The summed E-state index contributed by atoms with van der Waals surface area (Å²) in [5, 5.41) is 17.7. The number of nitrogens with one attached hydrogen (secondary N) is 1. The lowest BCUT2D eigenvalue weighted by Crippen LogP contribution is -2.24. The molecule has 8 heteroatoms. The first-order valence-electron chi connectivity index (χ1n) is 9.37. The number of carbonyl (C=O) groups excluding carboxylic acids is 1. The number of hydrogen-bond donors (Lipinski definition) is 1. The van der Waals surface area contributed by atoms with Gasteiger partial charge >= 0.3 is 0 Å². The van der Waals surface area contributed by atoms with E-state index in [1.165, 1.54) is 6.21 Å². The van der Waals surface area contributed by atoms with Crippen LogP contribution in [-0.2, 0) is 4.79 Å². The number of furan rings is 1. The summed E-state index contributed by atoms with van der Waals surface area (Å²) in [5.41, 5.74) is 4.90. The molecule has 0 fully saturated rings. The molecule has 8 nitrogen and oxygen atoms in total. The first-order valence-corrected chi connectivity index (χ1v) is 9.37. The summed E-state index contributed by atoms with van der Waals surface area (Å²) in [7, 11) is 0. The molecule has 152 valence electrons. The normalized spacial score (nSPS) is 10.7. The molecular weight excluding hydrogens is 394 g/mol. The van der Waals surface area contributed by atoms with Crippen LogP contribution in [0.5, 0.6) is 5.75 Å². The van der Waals surface area contributed by atoms with Crippen molar-refractivity contribution in [2.75, 3.05) is 6.61 Å². The van der Waals surface area contributed by atoms with Gasteiger partial charge in [-0.3, -0.25) is 4.79 Å². The Morgan fingerprint density at radius 2 is 1.97 bits per heavy atom. The van der Waals surface area contributed by atoms with Gasteiger partial charge in [-0.05, 0) is 36.4 Å². The molecule has 0 atom stereocenters. The van der Waals surface area contributed by atoms with Crippen molar-refractivity contribution < 1.29 is 13.9 Å². The standard InChI is InChI=1S/C23H17N5O3/c24-13-17-7-4-5-10-20(17)31-16-22(29)26-25-14-18-15-28(19-8-2-1-3-9-19)27-23(18)21-11-6-12-30-21/h1-12,14-15H,16H2,(H,26,29)/b25-14-. The van der Waals surface area contributed by atoms with E-state index < -0.39 is 5.91 Å². The van der Waals surface area contributed by atoms with Gasteiger partial charge in [-0.1, -0.05) is 30.3 Å². The lowest BCUT2D eigenvalue weighted by Gasteiger charge is -2.06. The Kier molecular flexibility index (Phi) is 5.86. The maximum atomic E-state index is 12.1. The van der Waals surface area contributed by atoms with Gasteiger partial charge in [-0.15, -0.1) is 0 Å². The van der Waals surface area contributed by atoms with E-state index in [-0.39, 0.29) is 6.61 Å². The van der Waals surface area contributed by atoms with Crippen molar-refractivity contribution in [3.05, 3.63) is 90.3 Å². The molecule has 0 spiro atoms. The van der Waals surface area contributed by atoms with Gasteiger partial charge in [0.1, 0.15) is 17.5 Å². The maximum Gasteiger partial charge on any atom is 0.277 e. The number of nitriles is 1. The van der Waals surface area contributed by atoms with Gasteiger partial charge in [0.2, 0.25) is 0 Å². The third-order valence-corrected chi connectivity index (χ3v) is 4.28. The monoisotopic (exact) mass is 411 g/mol. The predicted octanol–water partition coefficient (Wildman–Crippen LogP) is 3.53. The molecule has 2 heterocycles. The summed E-state index contributed by atoms with van der Waals surface area (Å²) in [6, 6.07) is 21.9. The minimum atomic E-state index is -0.459. The van der Waals surface area contributed by atoms with Gasteiger partial charge < -0.3 is 9.15 Å². The Balaban J connectivity index is 1.46. The zero-order valence-corrected chi connectivity index (χ0v) is 16.3. The zero-order valence-electron chi connectivity index (χ0n) is 16.3. The average Bonchev–Trinajstić information content (AvgIpc) is 3.48. The Morgan fingerprint density at radius 3 is 2.74 bits per heavy atom. The number of aromatic nitrogens is 2. The summed E-state index contributed by atoms with van der Waals surface area (Å²) in [6.45, 7) is -0.273. The van der Waals surface area contributed by atoms with Gasteiger partial charge in [0.05, 0.1) is 23.7 Å². The molecule has 0 aliphatic heterocycles. The number of benzene rings is 2. The largest absolute Gasteiger partial charge is 0.482 e. The Morgan fingerprint density at radius 1 is 1.16 bits per heavy atom. The summed E-state index contributed by atoms with van der Waals surface area (Å²) in [4.78, 5) is 12.1. The smallest absolute Gasteiger partial charge is 0.277 e. The van der Waals surface area contributed by atoms with Crippen LogP contribution in [0.2, 0.25) is 0 Å². The van der Waals surface area contributed by atoms with E-state index in [2.05, 4.69) is 15.6 Å². The van der Waals surface area contributed by atoms with Crippen molar-refractivity contribution in [2.24, 2.45) is 5.10 Å². The van der Waals surface area contributed by atoms with Crippen LogP contribution in [0.15, 0.2) is 88.7 Å². The molecule has 1 N–H and O–H groups in total. The van der Waals surface area contributed by atoms with Crippen molar-refractivity contribution in [1.82, 2.24) is 15.2 Å². The highest BCUT2D eigenvalue weighted by Gasteiger charge is 2.13. The first-order chi connectivity index (χ1) is 15.2. The van der Waals surface area contributed by atoms with Crippen molar-refractivity contribution >= 4 is 12.1 Å². The Bertz CT molecular complexity index is 1240. The first kappa shape index (κ1) is 19.7. The van der Waals surface area contributed by atoms with Crippen LogP contribution in [0, 0.1) is 11.3 Å². The van der Waals surface area contributed by atoms with Crippen molar-refractivity contribution in [2.45, 2.75) is 0 Å². The molecule has 0 radical (unpaired) electrons. The van der Waals surface area contributed by atoms with Gasteiger partial charge in [-0.2, -0.15) is 15.5 Å². The van der Waals surface area contributed by atoms with E-state index in [0.29, 0.717) is 28.3 Å². The molecule has 0 aliphatic rings. The van der Waals surface area contributed by atoms with E-state index in [0.717, 1.165) is 5.69 Å². The summed E-state index contributed by atoms with van der Waals surface area (Å²) >= 11 is 0. The second-order valence-electron chi connectivity index (χ2n) is 6.38. The lowest BCUT2D eigenvalue weighted by molar-refractivity contribution is -0.123. The summed E-state index contributed by atoms with van der Waals surface area (Å²) in [6.07, 6.45) is 4.85. The van der Waals surface area contributed by atoms with Crippen molar-refractivity contribution in [1.29, 1.82) is 5.26 Å². The van der Waals surface area contributed by atoms with Crippen molar-refractivity contribution in [3.63, 3.8) is 0 Å². The molecule has 0 bridgehead atoms. The molecule has 1 amide bonds. The minimum absolute atomic E-state index is 0.273. The van der Waals surface area contributed by atoms with Gasteiger partial charge in [0, 0.05) is 11.8 Å². The van der Waals surface area contributed by atoms with Crippen LogP contribution in [-0.4, -0.2) is 28.5 Å². The third kappa shape index (κ3) is 4.68. The SMILES string of the molecule is N#Cc1ccccc1OCC(=O)N/N=C\c1cn(-c2ccccc2)nc1-c1ccco1. The molecule has 0 saturated heterocycles. The highest BCUT2D eigenvalue weighted by atomic mass is 16.5. The van der Waals surface area contributed by atoms with Gasteiger partial charge in [0.25, 0.3) is 5.91 Å². The lowest BCUT2D eigenvalue weighted by atomic mass is 10.2. The second-order valence-corrected chi connectivity index (χ2v) is 6.38. The number of hydrogen-bond acceptors (Lipinski definition) is 6. The number of rotatable bonds is 7. The molecular formula is C23H17N5O3. The number of carbonyl (C=O) groups is 1. The molecule has 0 aliphatic carbocycles. The van der Waals surface area contributed by atoms with Crippen LogP contribution in [0.4, 0.5) is 0 Å². The van der Waals surface area contributed by atoms with Gasteiger partial charge in [0.15, 0.2) is 12.4 Å². The number of para-hydroxylation sites is 2. The van der Waals surface area contributed by atoms with Crippen LogP contribution < -0.4 is 10.2 Å². The zero-order chi connectivity index (χ0) is 21.5.